The first kappa shape index (κ1) is 16.3. The van der Waals surface area contributed by atoms with E-state index in [0.29, 0.717) is 4.90 Å². The fourth-order valence-corrected chi connectivity index (χ4v) is 3.44. The van der Waals surface area contributed by atoms with Gasteiger partial charge in [0.1, 0.15) is 6.02 Å². The molecule has 7 nitrogen and oxygen atoms in total. The van der Waals surface area contributed by atoms with Crippen molar-refractivity contribution < 1.29 is 34.9 Å². The maximum Gasteiger partial charge on any atom is 0.349 e. The van der Waals surface area contributed by atoms with Crippen molar-refractivity contribution in [2.75, 3.05) is 0 Å². The van der Waals surface area contributed by atoms with Gasteiger partial charge in [-0.25, -0.2) is 0 Å². The van der Waals surface area contributed by atoms with Crippen molar-refractivity contribution in [1.82, 2.24) is 15.5 Å². The largest absolute Gasteiger partial charge is 0.349 e. The summed E-state index contributed by atoms with van der Waals surface area (Å²) >= 11 is 5.69. The number of hydrogen-bond donors (Lipinski definition) is 2. The molecule has 0 saturated carbocycles. The van der Waals surface area contributed by atoms with Gasteiger partial charge in [0.2, 0.25) is 11.8 Å². The van der Waals surface area contributed by atoms with Crippen molar-refractivity contribution in [3.63, 3.8) is 0 Å². The van der Waals surface area contributed by atoms with E-state index in [-0.39, 0.29) is 27.0 Å². The number of benzene rings is 2. The fourth-order valence-electron chi connectivity index (χ4n) is 3.32. The van der Waals surface area contributed by atoms with E-state index in [1.54, 1.807) is 5.32 Å². The van der Waals surface area contributed by atoms with E-state index >= 15 is 0 Å². The Morgan fingerprint density at radius 1 is 1.28 bits per heavy atom. The zero-order valence-electron chi connectivity index (χ0n) is 21.2. The highest BCUT2D eigenvalue weighted by Gasteiger charge is 2.41. The topological polar surface area (TPSA) is 95.6 Å². The maximum atomic E-state index is 14.6. The second-order valence-corrected chi connectivity index (χ2v) is 7.48. The Labute approximate surface area is 193 Å². The predicted octanol–water partition coefficient (Wildman–Crippen LogP) is 2.51. The quantitative estimate of drug-likeness (QED) is 0.662. The van der Waals surface area contributed by atoms with Gasteiger partial charge in [-0.2, -0.15) is 8.78 Å². The van der Waals surface area contributed by atoms with Crippen LogP contribution in [0.3, 0.4) is 0 Å². The molecule has 0 radical (unpaired) electrons. The number of fused-ring (bicyclic) bond motifs is 1. The van der Waals surface area contributed by atoms with Crippen LogP contribution in [0.25, 0.3) is 0 Å². The number of amides is 4. The summed E-state index contributed by atoms with van der Waals surface area (Å²) < 4.78 is 69.3. The van der Waals surface area contributed by atoms with Crippen molar-refractivity contribution in [2.45, 2.75) is 37.8 Å². The average Bonchev–Trinajstić information content (AvgIpc) is 3.17. The molecule has 4 rings (SSSR count). The number of carbonyl (C=O) groups is 4. The molecule has 2 aromatic rings. The number of nitrogens with one attached hydrogen (secondary N) is 2. The van der Waals surface area contributed by atoms with Gasteiger partial charge in [0.25, 0.3) is 11.8 Å². The molecule has 0 aromatic heterocycles. The minimum Gasteiger partial charge on any atom is -0.346 e. The summed E-state index contributed by atoms with van der Waals surface area (Å²) in [7, 11) is 0. The van der Waals surface area contributed by atoms with Gasteiger partial charge in [-0.1, -0.05) is 35.9 Å². The van der Waals surface area contributed by atoms with Crippen LogP contribution < -0.4 is 10.6 Å². The summed E-state index contributed by atoms with van der Waals surface area (Å²) in [4.78, 5) is 50.2. The Bertz CT molecular complexity index is 1330. The lowest BCUT2D eigenvalue weighted by atomic mass is 10.0. The van der Waals surface area contributed by atoms with Crippen LogP contribution in [0.5, 0.6) is 0 Å². The first-order chi connectivity index (χ1) is 17.1. The van der Waals surface area contributed by atoms with Crippen molar-refractivity contribution in [1.29, 1.82) is 0 Å². The molecule has 10 heteroatoms. The summed E-state index contributed by atoms with van der Waals surface area (Å²) in [6.45, 7) is -1.01. The number of imide groups is 1. The van der Waals surface area contributed by atoms with Gasteiger partial charge in [0.15, 0.2) is 1.41 Å². The summed E-state index contributed by atoms with van der Waals surface area (Å²) in [5.74, 6) is -9.41. The van der Waals surface area contributed by atoms with E-state index in [9.17, 15) is 28.0 Å². The smallest absolute Gasteiger partial charge is 0.346 e. The molecule has 1 saturated heterocycles. The van der Waals surface area contributed by atoms with E-state index in [1.807, 2.05) is 0 Å². The molecular weight excluding hydrogens is 444 g/mol. The maximum absolute atomic E-state index is 14.6. The molecule has 1 unspecified atom stereocenters. The van der Waals surface area contributed by atoms with Gasteiger partial charge >= 0.3 is 5.92 Å². The molecule has 0 spiro atoms. The molecule has 0 bridgehead atoms. The highest BCUT2D eigenvalue weighted by atomic mass is 35.5. The lowest BCUT2D eigenvalue weighted by molar-refractivity contribution is -0.147. The van der Waals surface area contributed by atoms with Crippen LogP contribution in [0.15, 0.2) is 42.5 Å². The predicted molar refractivity (Wildman–Crippen MR) is 110 cm³/mol. The fraction of sp³-hybridized carbons (Fsp3) is 0.273. The van der Waals surface area contributed by atoms with Gasteiger partial charge in [-0.05, 0) is 35.7 Å². The minimum absolute atomic E-state index is 0.00203. The van der Waals surface area contributed by atoms with E-state index in [0.717, 1.165) is 12.1 Å². The molecule has 166 valence electrons. The minimum atomic E-state index is -4.01. The first-order valence-corrected chi connectivity index (χ1v) is 9.66. The van der Waals surface area contributed by atoms with E-state index < -0.39 is 67.0 Å². The van der Waals surface area contributed by atoms with Crippen molar-refractivity contribution in [3.8, 4) is 0 Å². The summed E-state index contributed by atoms with van der Waals surface area (Å²) in [6, 6.07) is 5.42. The number of halogens is 3. The molecule has 2 N–H and O–H groups in total. The van der Waals surface area contributed by atoms with Crippen LogP contribution in [0.1, 0.15) is 45.3 Å². The van der Waals surface area contributed by atoms with Gasteiger partial charge in [-0.15, -0.1) is 0 Å². The van der Waals surface area contributed by atoms with Gasteiger partial charge in [0.05, 0.1) is 1.37 Å². The molecule has 2 aliphatic rings. The van der Waals surface area contributed by atoms with Crippen molar-refractivity contribution in [3.05, 3.63) is 69.7 Å². The third kappa shape index (κ3) is 4.08. The van der Waals surface area contributed by atoms with E-state index in [1.165, 1.54) is 30.3 Å². The van der Waals surface area contributed by atoms with E-state index in [4.69, 9.17) is 18.5 Å². The standard InChI is InChI=1S/C22H18ClF2N3O4/c23-15-4-2-14(3-5-15)22(24,25)21(32)26-10-12-1-6-16-13(9-12)11-28(20(16)31)17-7-8-18(29)27-19(17)30/h1-6,9,17H,7-8,10-11H2,(H,26,32)(H,27,29,30)/t17-/m1/s1/i7D,8D2,17D/hD/t7?,17-. The van der Waals surface area contributed by atoms with Gasteiger partial charge in [0, 0.05) is 39.7 Å². The molecule has 0 aliphatic carbocycles. The Morgan fingerprint density at radius 2 is 2.00 bits per heavy atom. The van der Waals surface area contributed by atoms with Crippen molar-refractivity contribution >= 4 is 35.2 Å². The Balaban J connectivity index is 1.55. The average molecular weight is 467 g/mol. The highest BCUT2D eigenvalue weighted by molar-refractivity contribution is 6.30. The van der Waals surface area contributed by atoms with Crippen LogP contribution in [0.4, 0.5) is 8.78 Å². The Kier molecular flexibility index (Phi) is 4.24. The van der Waals surface area contributed by atoms with Gasteiger partial charge in [-0.3, -0.25) is 24.5 Å². The molecular formula is C22H18ClF2N3O4. The van der Waals surface area contributed by atoms with Crippen LogP contribution in [-0.2, 0) is 33.4 Å². The SMILES string of the molecule is [2H]C1C([2H])([2H])C(=O)NC(=O)[C@]1([2H])N1Cc2cc(CN([2H])C(=O)C(F)(F)c3ccc(Cl)cc3)ccc2C1=O. The van der Waals surface area contributed by atoms with Crippen LogP contribution in [0, 0.1) is 0 Å². The number of carbonyl (C=O) groups excluding carboxylic acids is 4. The summed E-state index contributed by atoms with van der Waals surface area (Å²) in [5.41, 5.74) is -0.257. The molecule has 2 aromatic carbocycles. The summed E-state index contributed by atoms with van der Waals surface area (Å²) in [5, 5.41) is 1.95. The molecule has 2 atom stereocenters. The molecule has 32 heavy (non-hydrogen) atoms. The van der Waals surface area contributed by atoms with Gasteiger partial charge < -0.3 is 10.2 Å². The van der Waals surface area contributed by atoms with Crippen LogP contribution >= 0.6 is 11.6 Å². The Morgan fingerprint density at radius 3 is 2.72 bits per heavy atom. The second-order valence-electron chi connectivity index (χ2n) is 7.04. The van der Waals surface area contributed by atoms with E-state index in [2.05, 4.69) is 0 Å². The lowest BCUT2D eigenvalue weighted by Gasteiger charge is -2.29. The third-order valence-corrected chi connectivity index (χ3v) is 5.20. The number of hydrogen-bond acceptors (Lipinski definition) is 4. The van der Waals surface area contributed by atoms with Crippen LogP contribution in [-0.4, -0.2) is 34.5 Å². The monoisotopic (exact) mass is 466 g/mol. The number of piperidine rings is 1. The Hall–Kier alpha value is -3.33. The molecule has 2 heterocycles. The van der Waals surface area contributed by atoms with Crippen molar-refractivity contribution in [2.24, 2.45) is 0 Å². The molecule has 1 fully saturated rings. The molecule has 2 aliphatic heterocycles. The molecule has 4 amide bonds. The van der Waals surface area contributed by atoms with Crippen LogP contribution in [0.2, 0.25) is 6.43 Å². The lowest BCUT2D eigenvalue weighted by Crippen LogP contribution is -2.52. The summed E-state index contributed by atoms with van der Waals surface area (Å²) in [6.07, 6.45) is -5.19. The first-order valence-electron chi connectivity index (χ1n) is 11.8. The number of rotatable bonds is 5. The highest BCUT2D eigenvalue weighted by Crippen LogP contribution is 2.30. The third-order valence-electron chi connectivity index (χ3n) is 4.94. The second kappa shape index (κ2) is 8.31. The zero-order chi connectivity index (χ0) is 27.5. The zero-order valence-corrected chi connectivity index (χ0v) is 17.0. The normalized spacial score (nSPS) is 26.8. The number of alkyl halides is 2. The number of nitrogens with zero attached hydrogens (tertiary/aromatic N) is 1.